The fourth-order valence-electron chi connectivity index (χ4n) is 3.01. The van der Waals surface area contributed by atoms with E-state index in [1.54, 1.807) is 17.8 Å². The standard InChI is InChI=1S/C22H23N3O2S/c1-15(24(2)3)13-27-18-10-8-17(9-11-18)25-21(26)12-16-14-28-20-7-5-4-6-19(20)22(16)23-25/h4-12,15H,13-14H2,1-3H3. The molecule has 1 unspecified atom stereocenters. The summed E-state index contributed by atoms with van der Waals surface area (Å²) < 4.78 is 7.31. The Kier molecular flexibility index (Phi) is 5.24. The molecule has 0 fully saturated rings. The predicted molar refractivity (Wildman–Crippen MR) is 113 cm³/mol. The van der Waals surface area contributed by atoms with Gasteiger partial charge in [-0.2, -0.15) is 9.78 Å². The van der Waals surface area contributed by atoms with Gasteiger partial charge in [0.05, 0.1) is 11.4 Å². The summed E-state index contributed by atoms with van der Waals surface area (Å²) in [6.45, 7) is 2.72. The molecule has 1 aromatic heterocycles. The van der Waals surface area contributed by atoms with Crippen molar-refractivity contribution in [3.63, 3.8) is 0 Å². The Balaban J connectivity index is 1.63. The first kappa shape index (κ1) is 18.8. The maximum Gasteiger partial charge on any atom is 0.271 e. The topological polar surface area (TPSA) is 47.4 Å². The fraction of sp³-hybridized carbons (Fsp3) is 0.273. The maximum atomic E-state index is 12.6. The summed E-state index contributed by atoms with van der Waals surface area (Å²) in [5.74, 6) is 1.55. The second-order valence-electron chi connectivity index (χ2n) is 7.17. The summed E-state index contributed by atoms with van der Waals surface area (Å²) >= 11 is 1.75. The normalized spacial score (nSPS) is 13.7. The van der Waals surface area contributed by atoms with Gasteiger partial charge in [-0.25, -0.2) is 0 Å². The van der Waals surface area contributed by atoms with E-state index in [2.05, 4.69) is 24.0 Å². The Bertz CT molecular complexity index is 1040. The number of hydrogen-bond donors (Lipinski definition) is 0. The second-order valence-corrected chi connectivity index (χ2v) is 8.19. The molecular formula is C22H23N3O2S. The predicted octanol–water partition coefficient (Wildman–Crippen LogP) is 3.83. The third kappa shape index (κ3) is 3.70. The van der Waals surface area contributed by atoms with Crippen molar-refractivity contribution in [1.29, 1.82) is 0 Å². The summed E-state index contributed by atoms with van der Waals surface area (Å²) in [5.41, 5.74) is 3.57. The number of thioether (sulfide) groups is 1. The molecule has 4 rings (SSSR count). The highest BCUT2D eigenvalue weighted by Crippen LogP contribution is 2.39. The highest BCUT2D eigenvalue weighted by Gasteiger charge is 2.19. The molecule has 3 aromatic rings. The van der Waals surface area contributed by atoms with E-state index in [1.807, 2.05) is 50.5 Å². The lowest BCUT2D eigenvalue weighted by Gasteiger charge is -2.20. The molecule has 0 saturated heterocycles. The number of fused-ring (bicyclic) bond motifs is 3. The number of aromatic nitrogens is 2. The lowest BCUT2D eigenvalue weighted by Crippen LogP contribution is -2.30. The van der Waals surface area contributed by atoms with Crippen molar-refractivity contribution in [3.8, 4) is 22.7 Å². The number of likely N-dealkylation sites (N-methyl/N-ethyl adjacent to an activating group) is 1. The Morgan fingerprint density at radius 1 is 1.18 bits per heavy atom. The first-order valence-corrected chi connectivity index (χ1v) is 10.3. The number of rotatable bonds is 5. The summed E-state index contributed by atoms with van der Waals surface area (Å²) in [5, 5.41) is 4.69. The third-order valence-electron chi connectivity index (χ3n) is 4.99. The van der Waals surface area contributed by atoms with Crippen molar-refractivity contribution < 1.29 is 4.74 Å². The number of hydrogen-bond acceptors (Lipinski definition) is 5. The molecule has 1 aliphatic heterocycles. The molecule has 28 heavy (non-hydrogen) atoms. The van der Waals surface area contributed by atoms with Gasteiger partial charge in [-0.3, -0.25) is 4.79 Å². The SMILES string of the molecule is CC(COc1ccc(-n2nc3c(cc2=O)CSc2ccccc2-3)cc1)N(C)C. The number of nitrogens with zero attached hydrogens (tertiary/aromatic N) is 3. The van der Waals surface area contributed by atoms with Gasteiger partial charge in [-0.05, 0) is 56.9 Å². The van der Waals surface area contributed by atoms with E-state index in [4.69, 9.17) is 9.84 Å². The van der Waals surface area contributed by atoms with Crippen LogP contribution in [0.15, 0.2) is 64.3 Å². The summed E-state index contributed by atoms with van der Waals surface area (Å²) in [4.78, 5) is 15.9. The highest BCUT2D eigenvalue weighted by atomic mass is 32.2. The van der Waals surface area contributed by atoms with Gasteiger partial charge in [0.25, 0.3) is 5.56 Å². The lowest BCUT2D eigenvalue weighted by molar-refractivity contribution is 0.198. The molecule has 0 bridgehead atoms. The molecule has 0 saturated carbocycles. The van der Waals surface area contributed by atoms with Gasteiger partial charge >= 0.3 is 0 Å². The van der Waals surface area contributed by atoms with Crippen LogP contribution in [0.25, 0.3) is 16.9 Å². The van der Waals surface area contributed by atoms with Crippen LogP contribution in [-0.4, -0.2) is 41.4 Å². The van der Waals surface area contributed by atoms with E-state index < -0.39 is 0 Å². The number of benzene rings is 2. The van der Waals surface area contributed by atoms with Gasteiger partial charge in [-0.15, -0.1) is 11.8 Å². The molecule has 0 spiro atoms. The van der Waals surface area contributed by atoms with E-state index >= 15 is 0 Å². The second kappa shape index (κ2) is 7.81. The largest absolute Gasteiger partial charge is 0.492 e. The van der Waals surface area contributed by atoms with E-state index in [-0.39, 0.29) is 5.56 Å². The molecule has 0 N–H and O–H groups in total. The quantitative estimate of drug-likeness (QED) is 0.659. The maximum absolute atomic E-state index is 12.6. The molecular weight excluding hydrogens is 370 g/mol. The molecule has 0 radical (unpaired) electrons. The molecule has 0 amide bonds. The molecule has 5 nitrogen and oxygen atoms in total. The van der Waals surface area contributed by atoms with Crippen molar-refractivity contribution in [3.05, 3.63) is 70.5 Å². The van der Waals surface area contributed by atoms with Gasteiger partial charge in [-0.1, -0.05) is 18.2 Å². The van der Waals surface area contributed by atoms with E-state index in [1.165, 1.54) is 9.58 Å². The summed E-state index contributed by atoms with van der Waals surface area (Å²) in [7, 11) is 4.06. The Hall–Kier alpha value is -2.57. The van der Waals surface area contributed by atoms with Crippen LogP contribution in [0.5, 0.6) is 5.75 Å². The van der Waals surface area contributed by atoms with Gasteiger partial charge in [0, 0.05) is 28.3 Å². The molecule has 0 aliphatic carbocycles. The molecule has 6 heteroatoms. The molecule has 144 valence electrons. The van der Waals surface area contributed by atoms with E-state index in [9.17, 15) is 4.79 Å². The average Bonchev–Trinajstić information content (AvgIpc) is 2.71. The van der Waals surface area contributed by atoms with E-state index in [0.29, 0.717) is 12.6 Å². The molecule has 2 aromatic carbocycles. The van der Waals surface area contributed by atoms with Crippen LogP contribution in [0.1, 0.15) is 12.5 Å². The van der Waals surface area contributed by atoms with Crippen LogP contribution >= 0.6 is 11.8 Å². The van der Waals surface area contributed by atoms with Crippen LogP contribution in [0.3, 0.4) is 0 Å². The zero-order valence-electron chi connectivity index (χ0n) is 16.3. The van der Waals surface area contributed by atoms with Crippen LogP contribution in [-0.2, 0) is 5.75 Å². The van der Waals surface area contributed by atoms with Crippen LogP contribution in [0.2, 0.25) is 0 Å². The molecule has 2 heterocycles. The van der Waals surface area contributed by atoms with Crippen LogP contribution in [0.4, 0.5) is 0 Å². The molecule has 1 aliphatic rings. The zero-order chi connectivity index (χ0) is 19.7. The smallest absolute Gasteiger partial charge is 0.271 e. The summed E-state index contributed by atoms with van der Waals surface area (Å²) in [6, 6.07) is 17.7. The lowest BCUT2D eigenvalue weighted by atomic mass is 10.1. The van der Waals surface area contributed by atoms with E-state index in [0.717, 1.165) is 34.0 Å². The molecule has 1 atom stereocenters. The van der Waals surface area contributed by atoms with Crippen molar-refractivity contribution in [1.82, 2.24) is 14.7 Å². The van der Waals surface area contributed by atoms with Crippen LogP contribution < -0.4 is 10.3 Å². The zero-order valence-corrected chi connectivity index (χ0v) is 17.1. The minimum atomic E-state index is -0.117. The Labute approximate surface area is 169 Å². The van der Waals surface area contributed by atoms with Gasteiger partial charge < -0.3 is 9.64 Å². The monoisotopic (exact) mass is 393 g/mol. The van der Waals surface area contributed by atoms with Gasteiger partial charge in [0.1, 0.15) is 12.4 Å². The fourth-order valence-corrected chi connectivity index (χ4v) is 4.03. The van der Waals surface area contributed by atoms with Crippen LogP contribution in [0, 0.1) is 0 Å². The average molecular weight is 394 g/mol. The number of ether oxygens (including phenoxy) is 1. The first-order chi connectivity index (χ1) is 13.5. The van der Waals surface area contributed by atoms with Crippen molar-refractivity contribution in [2.24, 2.45) is 0 Å². The minimum absolute atomic E-state index is 0.117. The van der Waals surface area contributed by atoms with Crippen molar-refractivity contribution in [2.45, 2.75) is 23.6 Å². The van der Waals surface area contributed by atoms with Gasteiger partial charge in [0.2, 0.25) is 0 Å². The Morgan fingerprint density at radius 2 is 1.93 bits per heavy atom. The Morgan fingerprint density at radius 3 is 2.68 bits per heavy atom. The third-order valence-corrected chi connectivity index (χ3v) is 6.11. The minimum Gasteiger partial charge on any atom is -0.492 e. The van der Waals surface area contributed by atoms with Crippen molar-refractivity contribution >= 4 is 11.8 Å². The first-order valence-electron chi connectivity index (χ1n) is 9.28. The van der Waals surface area contributed by atoms with Crippen molar-refractivity contribution in [2.75, 3.05) is 20.7 Å². The van der Waals surface area contributed by atoms with Gasteiger partial charge in [0.15, 0.2) is 0 Å². The summed E-state index contributed by atoms with van der Waals surface area (Å²) in [6.07, 6.45) is 0. The highest BCUT2D eigenvalue weighted by molar-refractivity contribution is 7.98.